The topological polar surface area (TPSA) is 147 Å². The second-order valence-corrected chi connectivity index (χ2v) is 15.6. The second-order valence-electron chi connectivity index (χ2n) is 15.6. The number of likely N-dealkylation sites (tertiary alicyclic amines) is 1. The van der Waals surface area contributed by atoms with Crippen LogP contribution in [0.3, 0.4) is 0 Å². The lowest BCUT2D eigenvalue weighted by atomic mass is 9.97. The highest BCUT2D eigenvalue weighted by Gasteiger charge is 2.34. The van der Waals surface area contributed by atoms with Gasteiger partial charge in [0.1, 0.15) is 6.04 Å². The van der Waals surface area contributed by atoms with E-state index in [9.17, 15) is 19.5 Å². The Morgan fingerprint density at radius 1 is 0.833 bits per heavy atom. The number of fused-ring (bicyclic) bond motifs is 1. The van der Waals surface area contributed by atoms with Crippen molar-refractivity contribution in [1.29, 1.82) is 0 Å². The van der Waals surface area contributed by atoms with E-state index >= 15 is 0 Å². The highest BCUT2D eigenvalue weighted by Crippen LogP contribution is 2.39. The number of carbonyl (C=O) groups is 2. The largest absolute Gasteiger partial charge is 0.467 e. The quantitative estimate of drug-likeness (QED) is 0.0917. The standard InChI is InChI=1S/C48H51N5O7/c1-58-45(55)42(27-32-9-3-2-4-10-32)50-47(56)49-29-37-11-5-6-12-40(37)34-19-21-36(22-20-34)46-59-39(28-44(60-46)35-17-15-33(31-54)16-18-35)30-52-25-23-38(24-26-52)53-43-14-8-7-13-41(43)51-48(53)57/h2-22,38-39,42,44,46,54H,23-31H2,1H3,(H,51,57)(H2,49,50,56). The molecule has 4 N–H and O–H groups in total. The van der Waals surface area contributed by atoms with E-state index in [1.165, 1.54) is 7.11 Å². The minimum Gasteiger partial charge on any atom is -0.467 e. The Morgan fingerprint density at radius 2 is 1.53 bits per heavy atom. The molecular weight excluding hydrogens is 759 g/mol. The van der Waals surface area contributed by atoms with Gasteiger partial charge in [-0.05, 0) is 58.4 Å². The third-order valence-electron chi connectivity index (χ3n) is 11.6. The van der Waals surface area contributed by atoms with Gasteiger partial charge in [0, 0.05) is 50.6 Å². The number of carbonyl (C=O) groups excluding carboxylic acids is 2. The van der Waals surface area contributed by atoms with E-state index in [4.69, 9.17) is 14.2 Å². The Bertz CT molecular complexity index is 2420. The van der Waals surface area contributed by atoms with E-state index < -0.39 is 24.3 Å². The molecule has 4 atom stereocenters. The maximum Gasteiger partial charge on any atom is 0.328 e. The number of aliphatic hydroxyl groups is 1. The zero-order valence-electron chi connectivity index (χ0n) is 33.7. The normalized spacial score (nSPS) is 19.1. The number of aromatic amines is 1. The first-order chi connectivity index (χ1) is 29.3. The molecule has 0 radical (unpaired) electrons. The predicted molar refractivity (Wildman–Crippen MR) is 229 cm³/mol. The fraction of sp³-hybridized carbons (Fsp3) is 0.312. The fourth-order valence-corrected chi connectivity index (χ4v) is 8.46. The number of imidazole rings is 1. The van der Waals surface area contributed by atoms with Gasteiger partial charge >= 0.3 is 17.7 Å². The maximum atomic E-state index is 13.1. The van der Waals surface area contributed by atoms with Gasteiger partial charge < -0.3 is 39.8 Å². The van der Waals surface area contributed by atoms with Crippen molar-refractivity contribution in [3.05, 3.63) is 166 Å². The number of H-pyrrole nitrogens is 1. The SMILES string of the molecule is COC(=O)C(Cc1ccccc1)NC(=O)NCc1ccccc1-c1ccc(C2OC(CN3CCC(n4c(=O)[nH]c5ccccc54)CC3)CC(c3ccc(CO)cc3)O2)cc1. The molecule has 2 aliphatic rings. The van der Waals surface area contributed by atoms with Crippen molar-refractivity contribution in [2.75, 3.05) is 26.7 Å². The number of urea groups is 1. The average molecular weight is 810 g/mol. The summed E-state index contributed by atoms with van der Waals surface area (Å²) in [6, 6.07) is 40.1. The zero-order chi connectivity index (χ0) is 41.4. The molecule has 6 aromatic rings. The number of amides is 2. The summed E-state index contributed by atoms with van der Waals surface area (Å²) in [4.78, 5) is 43.9. The Hall–Kier alpha value is -6.05. The molecule has 0 aliphatic carbocycles. The number of rotatable bonds is 13. The number of esters is 1. The molecule has 12 heteroatoms. The van der Waals surface area contributed by atoms with Crippen molar-refractivity contribution in [3.8, 4) is 11.1 Å². The van der Waals surface area contributed by atoms with Crippen molar-refractivity contribution in [3.63, 3.8) is 0 Å². The van der Waals surface area contributed by atoms with Gasteiger partial charge in [0.05, 0.1) is 37.0 Å². The van der Waals surface area contributed by atoms with Crippen LogP contribution in [-0.4, -0.2) is 70.4 Å². The number of nitrogens with zero attached hydrogens (tertiary/aromatic N) is 2. The molecule has 2 amide bonds. The summed E-state index contributed by atoms with van der Waals surface area (Å²) in [6.45, 7) is 2.65. The van der Waals surface area contributed by atoms with Crippen LogP contribution in [0.1, 0.15) is 65.5 Å². The molecule has 1 aromatic heterocycles. The number of piperidine rings is 1. The van der Waals surface area contributed by atoms with Gasteiger partial charge in [-0.15, -0.1) is 0 Å². The molecule has 0 saturated carbocycles. The average Bonchev–Trinajstić information content (AvgIpc) is 3.64. The number of methoxy groups -OCH3 is 1. The Balaban J connectivity index is 0.936. The third-order valence-corrected chi connectivity index (χ3v) is 11.6. The first kappa shape index (κ1) is 40.7. The summed E-state index contributed by atoms with van der Waals surface area (Å²) in [5.74, 6) is -0.515. The van der Waals surface area contributed by atoms with Crippen LogP contribution in [0.5, 0.6) is 0 Å². The number of hydrogen-bond acceptors (Lipinski definition) is 8. The molecule has 60 heavy (non-hydrogen) atoms. The first-order valence-electron chi connectivity index (χ1n) is 20.6. The fourth-order valence-electron chi connectivity index (χ4n) is 8.46. The van der Waals surface area contributed by atoms with Gasteiger partial charge in [0.2, 0.25) is 0 Å². The van der Waals surface area contributed by atoms with Crippen LogP contribution in [0.4, 0.5) is 4.79 Å². The number of hydrogen-bond donors (Lipinski definition) is 4. The van der Waals surface area contributed by atoms with Crippen molar-refractivity contribution in [2.24, 2.45) is 0 Å². The summed E-state index contributed by atoms with van der Waals surface area (Å²) in [5.41, 5.74) is 8.27. The predicted octanol–water partition coefficient (Wildman–Crippen LogP) is 6.95. The zero-order valence-corrected chi connectivity index (χ0v) is 33.7. The summed E-state index contributed by atoms with van der Waals surface area (Å²) in [5, 5.41) is 15.4. The lowest BCUT2D eigenvalue weighted by Crippen LogP contribution is -2.47. The molecule has 12 nitrogen and oxygen atoms in total. The highest BCUT2D eigenvalue weighted by molar-refractivity contribution is 5.84. The van der Waals surface area contributed by atoms with Crippen LogP contribution in [0.2, 0.25) is 0 Å². The van der Waals surface area contributed by atoms with E-state index in [1.807, 2.05) is 132 Å². The van der Waals surface area contributed by atoms with Crippen LogP contribution in [0.15, 0.2) is 132 Å². The first-order valence-corrected chi connectivity index (χ1v) is 20.6. The molecule has 2 aliphatic heterocycles. The summed E-state index contributed by atoms with van der Waals surface area (Å²) in [7, 11) is 1.31. The van der Waals surface area contributed by atoms with Crippen LogP contribution >= 0.6 is 0 Å². The minimum absolute atomic E-state index is 0.0237. The van der Waals surface area contributed by atoms with Crippen molar-refractivity contribution >= 4 is 23.0 Å². The summed E-state index contributed by atoms with van der Waals surface area (Å²) in [6.07, 6.45) is 1.79. The van der Waals surface area contributed by atoms with Crippen LogP contribution in [0, 0.1) is 0 Å². The molecule has 3 heterocycles. The highest BCUT2D eigenvalue weighted by atomic mass is 16.7. The molecule has 5 aromatic carbocycles. The van der Waals surface area contributed by atoms with Gasteiger partial charge in [0.25, 0.3) is 0 Å². The molecule has 0 bridgehead atoms. The molecule has 310 valence electrons. The van der Waals surface area contributed by atoms with E-state index in [1.54, 1.807) is 0 Å². The molecular formula is C48H51N5O7. The molecule has 2 saturated heterocycles. The van der Waals surface area contributed by atoms with Crippen LogP contribution < -0.4 is 16.3 Å². The maximum absolute atomic E-state index is 13.1. The number of benzene rings is 5. The smallest absolute Gasteiger partial charge is 0.328 e. The van der Waals surface area contributed by atoms with Gasteiger partial charge in [-0.2, -0.15) is 0 Å². The monoisotopic (exact) mass is 809 g/mol. The van der Waals surface area contributed by atoms with E-state index in [-0.39, 0.29) is 37.1 Å². The second kappa shape index (κ2) is 18.9. The lowest BCUT2D eigenvalue weighted by molar-refractivity contribution is -0.253. The summed E-state index contributed by atoms with van der Waals surface area (Å²) >= 11 is 0. The Kier molecular flexibility index (Phi) is 12.8. The van der Waals surface area contributed by atoms with Gasteiger partial charge in [-0.1, -0.05) is 115 Å². The number of nitrogens with one attached hydrogen (secondary N) is 3. The van der Waals surface area contributed by atoms with Crippen LogP contribution in [0.25, 0.3) is 22.2 Å². The van der Waals surface area contributed by atoms with Gasteiger partial charge in [-0.25, -0.2) is 14.4 Å². The minimum atomic E-state index is -0.834. The third kappa shape index (κ3) is 9.53. The van der Waals surface area contributed by atoms with E-state index in [0.717, 1.165) is 82.5 Å². The Morgan fingerprint density at radius 3 is 2.28 bits per heavy atom. The van der Waals surface area contributed by atoms with Crippen molar-refractivity contribution in [2.45, 2.75) is 69.4 Å². The molecule has 0 spiro atoms. The number of para-hydroxylation sites is 2. The van der Waals surface area contributed by atoms with Crippen molar-refractivity contribution < 1.29 is 28.9 Å². The Labute approximate surface area is 349 Å². The van der Waals surface area contributed by atoms with Crippen molar-refractivity contribution in [1.82, 2.24) is 25.1 Å². The number of aliphatic hydroxyl groups excluding tert-OH is 1. The van der Waals surface area contributed by atoms with E-state index in [0.29, 0.717) is 12.8 Å². The van der Waals surface area contributed by atoms with Crippen LogP contribution in [-0.2, 0) is 38.6 Å². The molecule has 4 unspecified atom stereocenters. The number of ether oxygens (including phenoxy) is 3. The molecule has 2 fully saturated rings. The number of aromatic nitrogens is 2. The lowest BCUT2D eigenvalue weighted by Gasteiger charge is -2.40. The van der Waals surface area contributed by atoms with Gasteiger partial charge in [-0.3, -0.25) is 4.57 Å². The molecule has 8 rings (SSSR count). The van der Waals surface area contributed by atoms with E-state index in [2.05, 4.69) is 20.5 Å². The summed E-state index contributed by atoms with van der Waals surface area (Å²) < 4.78 is 20.3. The van der Waals surface area contributed by atoms with Gasteiger partial charge in [0.15, 0.2) is 6.29 Å².